The minimum atomic E-state index is -1.37. The van der Waals surface area contributed by atoms with Crippen molar-refractivity contribution in [1.29, 1.82) is 0 Å². The molecule has 2 atom stereocenters. The largest absolute Gasteiger partial charge is 0.480 e. The van der Waals surface area contributed by atoms with Crippen molar-refractivity contribution in [2.45, 2.75) is 18.6 Å². The molecule has 0 saturated heterocycles. The van der Waals surface area contributed by atoms with Gasteiger partial charge in [-0.1, -0.05) is 36.4 Å². The molecule has 0 aliphatic rings. The summed E-state index contributed by atoms with van der Waals surface area (Å²) in [4.78, 5) is 33.9. The van der Waals surface area contributed by atoms with Gasteiger partial charge in [-0.25, -0.2) is 4.79 Å². The van der Waals surface area contributed by atoms with Gasteiger partial charge < -0.3 is 15.2 Å². The summed E-state index contributed by atoms with van der Waals surface area (Å²) in [6, 6.07) is 10.2. The Bertz CT molecular complexity index is 843. The lowest BCUT2D eigenvalue weighted by molar-refractivity contribution is -0.387. The molecule has 2 aromatic rings. The number of carbonyl (C=O) groups is 2. The maximum absolute atomic E-state index is 13.4. The van der Waals surface area contributed by atoms with E-state index in [1.807, 2.05) is 0 Å². The number of halogens is 1. The number of amides is 1. The zero-order chi connectivity index (χ0) is 20.0. The molecule has 0 fully saturated rings. The molecule has 0 bridgehead atoms. The molecule has 1 amide bonds. The Morgan fingerprint density at radius 1 is 1.26 bits per heavy atom. The standard InChI is InChI=1S/C18H17FN2O6/c1-27-16(12-5-3-2-4-6-12)17(22)20-14(18(23)24)9-11-7-8-13(19)15(10-11)21(25)26/h2-8,10,14,16H,9H2,1H3,(H,20,22)(H,23,24)/t14-,16-/m1/s1. The number of nitrogens with zero attached hydrogens (tertiary/aromatic N) is 1. The number of nitrogens with one attached hydrogen (secondary N) is 1. The fourth-order valence-electron chi connectivity index (χ4n) is 2.53. The Balaban J connectivity index is 2.18. The molecule has 8 nitrogen and oxygen atoms in total. The number of benzene rings is 2. The van der Waals surface area contributed by atoms with E-state index in [0.717, 1.165) is 12.1 Å². The molecule has 2 rings (SSSR count). The molecule has 27 heavy (non-hydrogen) atoms. The van der Waals surface area contributed by atoms with Crippen LogP contribution in [-0.4, -0.2) is 35.1 Å². The summed E-state index contributed by atoms with van der Waals surface area (Å²) in [7, 11) is 1.32. The van der Waals surface area contributed by atoms with Crippen molar-refractivity contribution in [1.82, 2.24) is 5.32 Å². The lowest BCUT2D eigenvalue weighted by Crippen LogP contribution is -2.44. The number of rotatable bonds is 8. The zero-order valence-corrected chi connectivity index (χ0v) is 14.3. The number of hydrogen-bond acceptors (Lipinski definition) is 5. The van der Waals surface area contributed by atoms with Crippen molar-refractivity contribution in [3.05, 3.63) is 75.6 Å². The number of nitro benzene ring substituents is 1. The highest BCUT2D eigenvalue weighted by molar-refractivity contribution is 5.87. The molecule has 0 aromatic heterocycles. The predicted molar refractivity (Wildman–Crippen MR) is 92.5 cm³/mol. The van der Waals surface area contributed by atoms with Crippen molar-refractivity contribution in [2.24, 2.45) is 0 Å². The first kappa shape index (κ1) is 20.0. The van der Waals surface area contributed by atoms with Crippen LogP contribution in [0.5, 0.6) is 0 Å². The van der Waals surface area contributed by atoms with Crippen molar-refractivity contribution in [3.8, 4) is 0 Å². The summed E-state index contributed by atoms with van der Waals surface area (Å²) in [5, 5.41) is 22.5. The van der Waals surface area contributed by atoms with Crippen molar-refractivity contribution >= 4 is 17.6 Å². The van der Waals surface area contributed by atoms with Crippen LogP contribution in [0.25, 0.3) is 0 Å². The number of carboxylic acid groups (broad SMARTS) is 1. The fraction of sp³-hybridized carbons (Fsp3) is 0.222. The van der Waals surface area contributed by atoms with Gasteiger partial charge in [0.25, 0.3) is 5.91 Å². The fourth-order valence-corrected chi connectivity index (χ4v) is 2.53. The van der Waals surface area contributed by atoms with Crippen LogP contribution in [0.15, 0.2) is 48.5 Å². The second-order valence-corrected chi connectivity index (χ2v) is 5.67. The van der Waals surface area contributed by atoms with Crippen LogP contribution in [0.2, 0.25) is 0 Å². The molecule has 0 aliphatic carbocycles. The monoisotopic (exact) mass is 376 g/mol. The van der Waals surface area contributed by atoms with E-state index in [-0.39, 0.29) is 12.0 Å². The van der Waals surface area contributed by atoms with E-state index >= 15 is 0 Å². The number of carbonyl (C=O) groups excluding carboxylic acids is 1. The van der Waals surface area contributed by atoms with Crippen molar-refractivity contribution < 1.29 is 28.7 Å². The van der Waals surface area contributed by atoms with Gasteiger partial charge in [0.2, 0.25) is 5.82 Å². The number of aliphatic carboxylic acids is 1. The highest BCUT2D eigenvalue weighted by atomic mass is 19.1. The van der Waals surface area contributed by atoms with Gasteiger partial charge in [-0.05, 0) is 17.2 Å². The first-order chi connectivity index (χ1) is 12.8. The second kappa shape index (κ2) is 8.86. The van der Waals surface area contributed by atoms with Crippen LogP contribution in [0.1, 0.15) is 17.2 Å². The van der Waals surface area contributed by atoms with Gasteiger partial charge in [-0.2, -0.15) is 4.39 Å². The smallest absolute Gasteiger partial charge is 0.326 e. The summed E-state index contributed by atoms with van der Waals surface area (Å²) in [5.74, 6) is -3.03. The average Bonchev–Trinajstić information content (AvgIpc) is 2.63. The van der Waals surface area contributed by atoms with Crippen LogP contribution < -0.4 is 5.32 Å². The molecular formula is C18H17FN2O6. The maximum atomic E-state index is 13.4. The van der Waals surface area contributed by atoms with Crippen molar-refractivity contribution in [2.75, 3.05) is 7.11 Å². The van der Waals surface area contributed by atoms with E-state index in [1.165, 1.54) is 13.2 Å². The van der Waals surface area contributed by atoms with Crippen LogP contribution in [0.3, 0.4) is 0 Å². The van der Waals surface area contributed by atoms with E-state index in [2.05, 4.69) is 5.32 Å². The van der Waals surface area contributed by atoms with Gasteiger partial charge in [0.1, 0.15) is 6.04 Å². The van der Waals surface area contributed by atoms with Gasteiger partial charge >= 0.3 is 11.7 Å². The Morgan fingerprint density at radius 2 is 1.93 bits per heavy atom. The first-order valence-corrected chi connectivity index (χ1v) is 7.87. The summed E-state index contributed by atoms with van der Waals surface area (Å²) in [6.45, 7) is 0. The zero-order valence-electron chi connectivity index (χ0n) is 14.3. The summed E-state index contributed by atoms with van der Waals surface area (Å²) >= 11 is 0. The van der Waals surface area contributed by atoms with Crippen LogP contribution in [0, 0.1) is 15.9 Å². The van der Waals surface area contributed by atoms with E-state index in [4.69, 9.17) is 4.74 Å². The number of nitro groups is 1. The normalized spacial score (nSPS) is 12.8. The van der Waals surface area contributed by atoms with E-state index in [9.17, 15) is 29.2 Å². The molecule has 0 radical (unpaired) electrons. The van der Waals surface area contributed by atoms with Crippen LogP contribution >= 0.6 is 0 Å². The molecular weight excluding hydrogens is 359 g/mol. The quantitative estimate of drug-likeness (QED) is 0.539. The van der Waals surface area contributed by atoms with Gasteiger partial charge in [0.05, 0.1) is 4.92 Å². The lowest BCUT2D eigenvalue weighted by atomic mass is 10.0. The second-order valence-electron chi connectivity index (χ2n) is 5.67. The molecule has 142 valence electrons. The topological polar surface area (TPSA) is 119 Å². The summed E-state index contributed by atoms with van der Waals surface area (Å²) in [5.41, 5.74) is -0.0226. The summed E-state index contributed by atoms with van der Waals surface area (Å²) in [6.07, 6.45) is -1.27. The van der Waals surface area contributed by atoms with Gasteiger partial charge in [0, 0.05) is 19.6 Å². The molecule has 9 heteroatoms. The Hall–Kier alpha value is -3.33. The number of methoxy groups -OCH3 is 1. The minimum Gasteiger partial charge on any atom is -0.480 e. The SMILES string of the molecule is CO[C@@H](C(=O)N[C@H](Cc1ccc(F)c([N+](=O)[O-])c1)C(=O)O)c1ccccc1. The van der Waals surface area contributed by atoms with Crippen LogP contribution in [-0.2, 0) is 20.7 Å². The predicted octanol–water partition coefficient (Wildman–Crippen LogP) is 2.23. The molecule has 2 aromatic carbocycles. The van der Waals surface area contributed by atoms with Crippen molar-refractivity contribution in [3.63, 3.8) is 0 Å². The van der Waals surface area contributed by atoms with E-state index < -0.39 is 40.5 Å². The third kappa shape index (κ3) is 5.08. The Kier molecular flexibility index (Phi) is 6.56. The van der Waals surface area contributed by atoms with E-state index in [1.54, 1.807) is 30.3 Å². The molecule has 0 heterocycles. The highest BCUT2D eigenvalue weighted by Crippen LogP contribution is 2.20. The first-order valence-electron chi connectivity index (χ1n) is 7.87. The lowest BCUT2D eigenvalue weighted by Gasteiger charge is -2.20. The Morgan fingerprint density at radius 3 is 2.48 bits per heavy atom. The van der Waals surface area contributed by atoms with Gasteiger partial charge in [-0.15, -0.1) is 0 Å². The molecule has 0 aliphatic heterocycles. The highest BCUT2D eigenvalue weighted by Gasteiger charge is 2.27. The third-order valence-electron chi connectivity index (χ3n) is 3.84. The molecule has 2 N–H and O–H groups in total. The van der Waals surface area contributed by atoms with Gasteiger partial charge in [0.15, 0.2) is 6.10 Å². The number of carboxylic acids is 1. The van der Waals surface area contributed by atoms with E-state index in [0.29, 0.717) is 5.56 Å². The van der Waals surface area contributed by atoms with Crippen LogP contribution in [0.4, 0.5) is 10.1 Å². The van der Waals surface area contributed by atoms with Gasteiger partial charge in [-0.3, -0.25) is 14.9 Å². The summed E-state index contributed by atoms with van der Waals surface area (Å²) < 4.78 is 18.6. The molecule has 0 unspecified atom stereocenters. The molecule has 0 saturated carbocycles. The molecule has 0 spiro atoms. The third-order valence-corrected chi connectivity index (χ3v) is 3.84. The minimum absolute atomic E-state index is 0.199. The number of ether oxygens (including phenoxy) is 1. The maximum Gasteiger partial charge on any atom is 0.326 e. The average molecular weight is 376 g/mol. The number of hydrogen-bond donors (Lipinski definition) is 2. The Labute approximate surface area is 153 Å².